The van der Waals surface area contributed by atoms with Gasteiger partial charge in [-0.15, -0.1) is 5.10 Å². The number of carbonyl (C=O) groups is 2. The van der Waals surface area contributed by atoms with Crippen LogP contribution in [0.15, 0.2) is 58.7 Å². The molecular formula is C20H20N4O3S. The predicted molar refractivity (Wildman–Crippen MR) is 112 cm³/mol. The molecule has 8 heteroatoms. The molecule has 3 rings (SSSR count). The molecule has 0 spiro atoms. The second-order valence-electron chi connectivity index (χ2n) is 6.14. The fraction of sp³-hybridized carbons (Fsp3) is 0.200. The number of ether oxygens (including phenoxy) is 1. The van der Waals surface area contributed by atoms with Crippen molar-refractivity contribution >= 4 is 40.6 Å². The van der Waals surface area contributed by atoms with Crippen LogP contribution in [0, 0.1) is 6.92 Å². The highest BCUT2D eigenvalue weighted by atomic mass is 32.2. The van der Waals surface area contributed by atoms with Gasteiger partial charge in [-0.2, -0.15) is 5.10 Å². The zero-order valence-corrected chi connectivity index (χ0v) is 16.3. The van der Waals surface area contributed by atoms with Gasteiger partial charge in [0.2, 0.25) is 11.8 Å². The minimum Gasteiger partial charge on any atom is -0.497 e. The number of carbonyl (C=O) groups excluding carboxylic acids is 2. The van der Waals surface area contributed by atoms with Gasteiger partial charge in [0.05, 0.1) is 13.3 Å². The molecule has 0 aromatic heterocycles. The highest BCUT2D eigenvalue weighted by Crippen LogP contribution is 2.23. The van der Waals surface area contributed by atoms with Gasteiger partial charge in [0.1, 0.15) is 11.0 Å². The third kappa shape index (κ3) is 5.43. The van der Waals surface area contributed by atoms with Crippen LogP contribution in [0.2, 0.25) is 0 Å². The van der Waals surface area contributed by atoms with Crippen LogP contribution in [0.4, 0.5) is 5.69 Å². The van der Waals surface area contributed by atoms with E-state index in [2.05, 4.69) is 20.8 Å². The number of nitrogens with one attached hydrogen (secondary N) is 2. The molecule has 2 aromatic rings. The lowest BCUT2D eigenvalue weighted by Gasteiger charge is -2.07. The van der Waals surface area contributed by atoms with Crippen LogP contribution >= 0.6 is 11.8 Å². The summed E-state index contributed by atoms with van der Waals surface area (Å²) in [6.07, 6.45) is 1.63. The predicted octanol–water partition coefficient (Wildman–Crippen LogP) is 2.95. The Balaban J connectivity index is 1.56. The summed E-state index contributed by atoms with van der Waals surface area (Å²) in [4.78, 5) is 24.3. The molecule has 0 saturated carbocycles. The Kier molecular flexibility index (Phi) is 6.44. The molecule has 0 bridgehead atoms. The molecule has 1 atom stereocenters. The molecule has 1 heterocycles. The van der Waals surface area contributed by atoms with Crippen LogP contribution in [0.1, 0.15) is 17.5 Å². The molecule has 144 valence electrons. The summed E-state index contributed by atoms with van der Waals surface area (Å²) in [6, 6.07) is 14.9. The molecule has 0 aliphatic carbocycles. The van der Waals surface area contributed by atoms with Crippen LogP contribution in [0.5, 0.6) is 5.75 Å². The normalized spacial score (nSPS) is 17.7. The Hall–Kier alpha value is -3.13. The first kappa shape index (κ1) is 19.6. The quantitative estimate of drug-likeness (QED) is 0.580. The van der Waals surface area contributed by atoms with Crippen molar-refractivity contribution in [2.75, 3.05) is 12.4 Å². The molecule has 1 fully saturated rings. The van der Waals surface area contributed by atoms with Gasteiger partial charge >= 0.3 is 0 Å². The number of methoxy groups -OCH3 is 1. The maximum Gasteiger partial charge on any atom is 0.240 e. The van der Waals surface area contributed by atoms with E-state index in [9.17, 15) is 9.59 Å². The summed E-state index contributed by atoms with van der Waals surface area (Å²) in [5, 5.41) is 13.3. The number of thioether (sulfide) groups is 1. The van der Waals surface area contributed by atoms with Gasteiger partial charge in [0.15, 0.2) is 5.17 Å². The van der Waals surface area contributed by atoms with E-state index in [0.29, 0.717) is 10.9 Å². The number of hydrogen-bond donors (Lipinski definition) is 2. The second kappa shape index (κ2) is 9.18. The molecule has 0 radical (unpaired) electrons. The van der Waals surface area contributed by atoms with Gasteiger partial charge in [-0.1, -0.05) is 36.0 Å². The number of nitrogens with zero attached hydrogens (tertiary/aromatic N) is 2. The third-order valence-corrected chi connectivity index (χ3v) is 4.97. The SMILES string of the molecule is COc1cccc(/C=N\N=C2/NC(=O)[C@@H](CC(=O)Nc3cccc(C)c3)S2)c1. The number of rotatable bonds is 6. The van der Waals surface area contributed by atoms with E-state index in [0.717, 1.165) is 16.9 Å². The Bertz CT molecular complexity index is 943. The summed E-state index contributed by atoms with van der Waals surface area (Å²) in [7, 11) is 1.59. The van der Waals surface area contributed by atoms with E-state index in [-0.39, 0.29) is 18.2 Å². The lowest BCUT2D eigenvalue weighted by Crippen LogP contribution is -2.28. The van der Waals surface area contributed by atoms with Crippen molar-refractivity contribution in [2.24, 2.45) is 10.2 Å². The zero-order chi connectivity index (χ0) is 19.9. The minimum atomic E-state index is -0.532. The van der Waals surface area contributed by atoms with E-state index >= 15 is 0 Å². The smallest absolute Gasteiger partial charge is 0.240 e. The number of benzene rings is 2. The summed E-state index contributed by atoms with van der Waals surface area (Å²) < 4.78 is 5.15. The monoisotopic (exact) mass is 396 g/mol. The molecule has 1 saturated heterocycles. The highest BCUT2D eigenvalue weighted by Gasteiger charge is 2.32. The molecule has 2 N–H and O–H groups in total. The van der Waals surface area contributed by atoms with Crippen LogP contribution in [0.25, 0.3) is 0 Å². The average Bonchev–Trinajstić information content (AvgIpc) is 3.01. The number of amidine groups is 1. The molecule has 1 aliphatic rings. The van der Waals surface area contributed by atoms with Crippen LogP contribution in [-0.4, -0.2) is 35.6 Å². The van der Waals surface area contributed by atoms with Gasteiger partial charge < -0.3 is 15.4 Å². The first-order valence-electron chi connectivity index (χ1n) is 8.62. The molecule has 0 unspecified atom stereocenters. The number of amides is 2. The number of aryl methyl sites for hydroxylation is 1. The largest absolute Gasteiger partial charge is 0.497 e. The lowest BCUT2D eigenvalue weighted by atomic mass is 10.2. The summed E-state index contributed by atoms with van der Waals surface area (Å²) >= 11 is 1.19. The van der Waals surface area contributed by atoms with Crippen molar-refractivity contribution in [3.63, 3.8) is 0 Å². The van der Waals surface area contributed by atoms with E-state index < -0.39 is 5.25 Å². The summed E-state index contributed by atoms with van der Waals surface area (Å²) in [6.45, 7) is 1.95. The average molecular weight is 396 g/mol. The van der Waals surface area contributed by atoms with Crippen LogP contribution in [0.3, 0.4) is 0 Å². The molecule has 2 amide bonds. The van der Waals surface area contributed by atoms with Crippen molar-refractivity contribution in [1.29, 1.82) is 0 Å². The molecular weight excluding hydrogens is 376 g/mol. The maximum absolute atomic E-state index is 12.2. The Morgan fingerprint density at radius 1 is 1.29 bits per heavy atom. The van der Waals surface area contributed by atoms with E-state index in [4.69, 9.17) is 4.74 Å². The Morgan fingerprint density at radius 3 is 2.89 bits per heavy atom. The van der Waals surface area contributed by atoms with Gasteiger partial charge in [0, 0.05) is 12.1 Å². The second-order valence-corrected chi connectivity index (χ2v) is 7.34. The van der Waals surface area contributed by atoms with Crippen LogP contribution < -0.4 is 15.4 Å². The van der Waals surface area contributed by atoms with Crippen molar-refractivity contribution in [3.8, 4) is 5.75 Å². The molecule has 2 aromatic carbocycles. The van der Waals surface area contributed by atoms with Gasteiger partial charge in [-0.3, -0.25) is 9.59 Å². The highest BCUT2D eigenvalue weighted by molar-refractivity contribution is 8.15. The summed E-state index contributed by atoms with van der Waals surface area (Å²) in [5.41, 5.74) is 2.59. The van der Waals surface area contributed by atoms with E-state index in [1.165, 1.54) is 11.8 Å². The van der Waals surface area contributed by atoms with Gasteiger partial charge in [0.25, 0.3) is 0 Å². The molecule has 7 nitrogen and oxygen atoms in total. The first-order chi connectivity index (χ1) is 13.5. The Morgan fingerprint density at radius 2 is 2.11 bits per heavy atom. The topological polar surface area (TPSA) is 92.2 Å². The fourth-order valence-electron chi connectivity index (χ4n) is 2.56. The minimum absolute atomic E-state index is 0.0586. The Labute approximate surface area is 167 Å². The standard InChI is InChI=1S/C20H20N4O3S/c1-13-5-3-7-15(9-13)22-18(25)11-17-19(26)23-20(28-17)24-21-12-14-6-4-8-16(10-14)27-2/h3-10,12,17H,11H2,1-2H3,(H,22,25)(H,23,24,26)/b21-12-/t17-/m1/s1. The lowest BCUT2D eigenvalue weighted by molar-refractivity contribution is -0.122. The third-order valence-electron chi connectivity index (χ3n) is 3.90. The van der Waals surface area contributed by atoms with Crippen molar-refractivity contribution in [1.82, 2.24) is 5.32 Å². The van der Waals surface area contributed by atoms with Crippen molar-refractivity contribution < 1.29 is 14.3 Å². The van der Waals surface area contributed by atoms with Crippen LogP contribution in [-0.2, 0) is 9.59 Å². The van der Waals surface area contributed by atoms with Crippen molar-refractivity contribution in [3.05, 3.63) is 59.7 Å². The molecule has 1 aliphatic heterocycles. The van der Waals surface area contributed by atoms with Crippen molar-refractivity contribution in [2.45, 2.75) is 18.6 Å². The first-order valence-corrected chi connectivity index (χ1v) is 9.50. The van der Waals surface area contributed by atoms with E-state index in [1.807, 2.05) is 55.5 Å². The number of anilines is 1. The fourth-order valence-corrected chi connectivity index (χ4v) is 3.48. The summed E-state index contributed by atoms with van der Waals surface area (Å²) in [5.74, 6) is 0.249. The van der Waals surface area contributed by atoms with Gasteiger partial charge in [-0.05, 0) is 42.3 Å². The maximum atomic E-state index is 12.2. The number of hydrogen-bond acceptors (Lipinski definition) is 6. The van der Waals surface area contributed by atoms with E-state index in [1.54, 1.807) is 13.3 Å². The van der Waals surface area contributed by atoms with Gasteiger partial charge in [-0.25, -0.2) is 0 Å². The zero-order valence-electron chi connectivity index (χ0n) is 15.5. The molecule has 28 heavy (non-hydrogen) atoms.